The lowest BCUT2D eigenvalue weighted by atomic mass is 10.0. The highest BCUT2D eigenvalue weighted by atomic mass is 32.1. The molecule has 1 amide bonds. The van der Waals surface area contributed by atoms with Gasteiger partial charge >= 0.3 is 0 Å². The molecular formula is C11H19N3OS. The molecule has 0 saturated carbocycles. The highest BCUT2D eigenvalue weighted by Gasteiger charge is 2.12. The molecular weight excluding hydrogens is 222 g/mol. The molecule has 0 radical (unpaired) electrons. The molecule has 0 saturated heterocycles. The summed E-state index contributed by atoms with van der Waals surface area (Å²) in [7, 11) is 0. The SMILES string of the molecule is CCC(CN)CC(=O)Nc1nc(C)c(C)s1. The molecule has 1 atom stereocenters. The number of nitrogens with zero attached hydrogens (tertiary/aromatic N) is 1. The van der Waals surface area contributed by atoms with Gasteiger partial charge in [0.15, 0.2) is 5.13 Å². The smallest absolute Gasteiger partial charge is 0.226 e. The molecule has 0 bridgehead atoms. The van der Waals surface area contributed by atoms with Gasteiger partial charge in [0, 0.05) is 11.3 Å². The molecule has 0 aromatic carbocycles. The molecule has 90 valence electrons. The Labute approximate surface area is 100 Å². The Kier molecular flexibility index (Phi) is 4.89. The zero-order valence-electron chi connectivity index (χ0n) is 10.0. The van der Waals surface area contributed by atoms with E-state index in [0.29, 0.717) is 18.1 Å². The molecule has 1 aromatic rings. The minimum absolute atomic E-state index is 0.00560. The molecule has 5 heteroatoms. The molecule has 0 spiro atoms. The van der Waals surface area contributed by atoms with E-state index in [2.05, 4.69) is 10.3 Å². The number of anilines is 1. The van der Waals surface area contributed by atoms with Crippen molar-refractivity contribution in [1.29, 1.82) is 0 Å². The molecule has 0 aliphatic rings. The fraction of sp³-hybridized carbons (Fsp3) is 0.636. The van der Waals surface area contributed by atoms with Gasteiger partial charge < -0.3 is 11.1 Å². The molecule has 1 unspecified atom stereocenters. The van der Waals surface area contributed by atoms with Gasteiger partial charge in [0.1, 0.15) is 0 Å². The number of hydrogen-bond donors (Lipinski definition) is 2. The van der Waals surface area contributed by atoms with Crippen LogP contribution in [0.25, 0.3) is 0 Å². The number of rotatable bonds is 5. The number of carbonyl (C=O) groups is 1. The van der Waals surface area contributed by atoms with Crippen LogP contribution in [-0.2, 0) is 4.79 Å². The second-order valence-electron chi connectivity index (χ2n) is 3.92. The topological polar surface area (TPSA) is 68.0 Å². The Morgan fingerprint density at radius 3 is 2.69 bits per heavy atom. The largest absolute Gasteiger partial charge is 0.330 e. The Bertz CT molecular complexity index is 339. The van der Waals surface area contributed by atoms with E-state index in [1.165, 1.54) is 11.3 Å². The average Bonchev–Trinajstić information content (AvgIpc) is 2.54. The first-order chi connectivity index (χ1) is 7.56. The summed E-state index contributed by atoms with van der Waals surface area (Å²) in [4.78, 5) is 17.1. The monoisotopic (exact) mass is 241 g/mol. The zero-order valence-corrected chi connectivity index (χ0v) is 10.9. The minimum atomic E-state index is 0.00560. The van der Waals surface area contributed by atoms with Gasteiger partial charge in [0.05, 0.1) is 5.69 Å². The molecule has 0 aliphatic carbocycles. The van der Waals surface area contributed by atoms with E-state index in [4.69, 9.17) is 5.73 Å². The highest BCUT2D eigenvalue weighted by molar-refractivity contribution is 7.15. The third-order valence-electron chi connectivity index (χ3n) is 2.66. The average molecular weight is 241 g/mol. The summed E-state index contributed by atoms with van der Waals surface area (Å²) < 4.78 is 0. The molecule has 0 aliphatic heterocycles. The van der Waals surface area contributed by atoms with Crippen molar-refractivity contribution >= 4 is 22.4 Å². The van der Waals surface area contributed by atoms with Gasteiger partial charge in [-0.1, -0.05) is 13.3 Å². The van der Waals surface area contributed by atoms with Crippen LogP contribution >= 0.6 is 11.3 Å². The quantitative estimate of drug-likeness (QED) is 0.829. The molecule has 16 heavy (non-hydrogen) atoms. The summed E-state index contributed by atoms with van der Waals surface area (Å²) in [5, 5.41) is 3.50. The van der Waals surface area contributed by atoms with Crippen molar-refractivity contribution in [2.45, 2.75) is 33.6 Å². The molecule has 1 heterocycles. The number of thiazole rings is 1. The zero-order chi connectivity index (χ0) is 12.1. The lowest BCUT2D eigenvalue weighted by molar-refractivity contribution is -0.117. The number of aromatic nitrogens is 1. The first-order valence-electron chi connectivity index (χ1n) is 5.50. The van der Waals surface area contributed by atoms with E-state index in [-0.39, 0.29) is 11.8 Å². The number of amides is 1. The van der Waals surface area contributed by atoms with Gasteiger partial charge in [-0.2, -0.15) is 0 Å². The van der Waals surface area contributed by atoms with Crippen LogP contribution < -0.4 is 11.1 Å². The summed E-state index contributed by atoms with van der Waals surface area (Å²) in [6.07, 6.45) is 1.41. The van der Waals surface area contributed by atoms with E-state index in [1.807, 2.05) is 20.8 Å². The maximum Gasteiger partial charge on any atom is 0.226 e. The van der Waals surface area contributed by atoms with Crippen molar-refractivity contribution in [3.63, 3.8) is 0 Å². The predicted octanol–water partition coefficient (Wildman–Crippen LogP) is 2.07. The van der Waals surface area contributed by atoms with Crippen LogP contribution in [0.4, 0.5) is 5.13 Å². The van der Waals surface area contributed by atoms with E-state index < -0.39 is 0 Å². The lowest BCUT2D eigenvalue weighted by Gasteiger charge is -2.10. The van der Waals surface area contributed by atoms with E-state index in [1.54, 1.807) is 0 Å². The normalized spacial score (nSPS) is 12.5. The lowest BCUT2D eigenvalue weighted by Crippen LogP contribution is -2.21. The second-order valence-corrected chi connectivity index (χ2v) is 5.13. The van der Waals surface area contributed by atoms with Crippen molar-refractivity contribution < 1.29 is 4.79 Å². The summed E-state index contributed by atoms with van der Waals surface area (Å²) in [5.41, 5.74) is 6.54. The minimum Gasteiger partial charge on any atom is -0.330 e. The third kappa shape index (κ3) is 3.57. The van der Waals surface area contributed by atoms with Crippen molar-refractivity contribution in [3.8, 4) is 0 Å². The standard InChI is InChI=1S/C11H19N3OS/c1-4-9(6-12)5-10(15)14-11-13-7(2)8(3)16-11/h9H,4-6,12H2,1-3H3,(H,13,14,15). The Hall–Kier alpha value is -0.940. The molecule has 4 nitrogen and oxygen atoms in total. The van der Waals surface area contributed by atoms with Crippen LogP contribution in [0.2, 0.25) is 0 Å². The van der Waals surface area contributed by atoms with Crippen LogP contribution in [0.1, 0.15) is 30.3 Å². The summed E-state index contributed by atoms with van der Waals surface area (Å²) in [6, 6.07) is 0. The maximum atomic E-state index is 11.7. The summed E-state index contributed by atoms with van der Waals surface area (Å²) in [6.45, 7) is 6.54. The first kappa shape index (κ1) is 13.1. The summed E-state index contributed by atoms with van der Waals surface area (Å²) in [5.74, 6) is 0.271. The van der Waals surface area contributed by atoms with Crippen LogP contribution in [0.3, 0.4) is 0 Å². The van der Waals surface area contributed by atoms with E-state index in [0.717, 1.165) is 17.0 Å². The van der Waals surface area contributed by atoms with Crippen LogP contribution in [0.5, 0.6) is 0 Å². The fourth-order valence-electron chi connectivity index (χ4n) is 1.35. The molecule has 0 fully saturated rings. The van der Waals surface area contributed by atoms with Gasteiger partial charge in [-0.05, 0) is 26.3 Å². The van der Waals surface area contributed by atoms with Gasteiger partial charge in [-0.15, -0.1) is 11.3 Å². The number of aryl methyl sites for hydroxylation is 2. The van der Waals surface area contributed by atoms with Gasteiger partial charge in [-0.3, -0.25) is 4.79 Å². The molecule has 3 N–H and O–H groups in total. The number of carbonyl (C=O) groups excluding carboxylic acids is 1. The summed E-state index contributed by atoms with van der Waals surface area (Å²) >= 11 is 1.51. The Morgan fingerprint density at radius 2 is 2.25 bits per heavy atom. The number of nitrogens with two attached hydrogens (primary N) is 1. The van der Waals surface area contributed by atoms with Crippen molar-refractivity contribution in [2.24, 2.45) is 11.7 Å². The first-order valence-corrected chi connectivity index (χ1v) is 6.32. The Morgan fingerprint density at radius 1 is 1.56 bits per heavy atom. The van der Waals surface area contributed by atoms with E-state index in [9.17, 15) is 4.79 Å². The second kappa shape index (κ2) is 5.96. The van der Waals surface area contributed by atoms with Gasteiger partial charge in [0.25, 0.3) is 0 Å². The third-order valence-corrected chi connectivity index (χ3v) is 3.65. The van der Waals surface area contributed by atoms with Crippen molar-refractivity contribution in [1.82, 2.24) is 4.98 Å². The molecule has 1 aromatic heterocycles. The number of nitrogens with one attached hydrogen (secondary N) is 1. The predicted molar refractivity (Wildman–Crippen MR) is 67.7 cm³/mol. The highest BCUT2D eigenvalue weighted by Crippen LogP contribution is 2.21. The van der Waals surface area contributed by atoms with E-state index >= 15 is 0 Å². The van der Waals surface area contributed by atoms with Crippen LogP contribution in [0.15, 0.2) is 0 Å². The van der Waals surface area contributed by atoms with Crippen LogP contribution in [0, 0.1) is 19.8 Å². The van der Waals surface area contributed by atoms with Crippen molar-refractivity contribution in [2.75, 3.05) is 11.9 Å². The van der Waals surface area contributed by atoms with Gasteiger partial charge in [0.2, 0.25) is 5.91 Å². The number of hydrogen-bond acceptors (Lipinski definition) is 4. The van der Waals surface area contributed by atoms with Gasteiger partial charge in [-0.25, -0.2) is 4.98 Å². The maximum absolute atomic E-state index is 11.7. The van der Waals surface area contributed by atoms with Crippen molar-refractivity contribution in [3.05, 3.63) is 10.6 Å². The Balaban J connectivity index is 2.51. The fourth-order valence-corrected chi connectivity index (χ4v) is 2.18. The van der Waals surface area contributed by atoms with Crippen LogP contribution in [-0.4, -0.2) is 17.4 Å². The molecule has 1 rings (SSSR count).